The zero-order chi connectivity index (χ0) is 9.42. The molecule has 1 aromatic carbocycles. The van der Waals surface area contributed by atoms with Gasteiger partial charge in [-0.1, -0.05) is 13.0 Å². The standard InChI is InChI=1S/C12H16O/c1-8-6-10(3)12-9(2)4-5-13-11(12)7-8/h6-7,9H,4-5H2,1-3H3. The summed E-state index contributed by atoms with van der Waals surface area (Å²) < 4.78 is 5.66. The van der Waals surface area contributed by atoms with E-state index in [-0.39, 0.29) is 0 Å². The Hall–Kier alpha value is -0.980. The zero-order valence-corrected chi connectivity index (χ0v) is 8.55. The molecule has 1 atom stereocenters. The van der Waals surface area contributed by atoms with Gasteiger partial charge in [0.2, 0.25) is 0 Å². The van der Waals surface area contributed by atoms with E-state index in [0.717, 1.165) is 18.8 Å². The number of hydrogen-bond acceptors (Lipinski definition) is 1. The van der Waals surface area contributed by atoms with Crippen molar-refractivity contribution in [1.29, 1.82) is 0 Å². The lowest BCUT2D eigenvalue weighted by Gasteiger charge is -2.25. The van der Waals surface area contributed by atoms with Gasteiger partial charge in [-0.25, -0.2) is 0 Å². The van der Waals surface area contributed by atoms with Crippen LogP contribution < -0.4 is 4.74 Å². The minimum Gasteiger partial charge on any atom is -0.493 e. The Labute approximate surface area is 79.7 Å². The minimum absolute atomic E-state index is 0.657. The van der Waals surface area contributed by atoms with Crippen LogP contribution in [0.25, 0.3) is 0 Å². The fourth-order valence-electron chi connectivity index (χ4n) is 2.18. The Kier molecular flexibility index (Phi) is 2.03. The Morgan fingerprint density at radius 1 is 1.31 bits per heavy atom. The van der Waals surface area contributed by atoms with E-state index in [9.17, 15) is 0 Å². The molecule has 0 saturated heterocycles. The van der Waals surface area contributed by atoms with Crippen molar-refractivity contribution >= 4 is 0 Å². The Morgan fingerprint density at radius 3 is 2.85 bits per heavy atom. The average molecular weight is 176 g/mol. The van der Waals surface area contributed by atoms with E-state index >= 15 is 0 Å². The number of benzene rings is 1. The van der Waals surface area contributed by atoms with Crippen molar-refractivity contribution in [2.75, 3.05) is 6.61 Å². The van der Waals surface area contributed by atoms with Crippen LogP contribution in [0.4, 0.5) is 0 Å². The monoisotopic (exact) mass is 176 g/mol. The van der Waals surface area contributed by atoms with Gasteiger partial charge in [0.05, 0.1) is 6.61 Å². The number of hydrogen-bond donors (Lipinski definition) is 0. The van der Waals surface area contributed by atoms with Crippen molar-refractivity contribution < 1.29 is 4.74 Å². The highest BCUT2D eigenvalue weighted by Gasteiger charge is 2.19. The summed E-state index contributed by atoms with van der Waals surface area (Å²) in [5, 5.41) is 0. The molecule has 13 heavy (non-hydrogen) atoms. The van der Waals surface area contributed by atoms with E-state index in [1.54, 1.807) is 0 Å². The Morgan fingerprint density at radius 2 is 2.08 bits per heavy atom. The lowest BCUT2D eigenvalue weighted by Crippen LogP contribution is -2.13. The van der Waals surface area contributed by atoms with Crippen LogP contribution in [-0.2, 0) is 0 Å². The first-order valence-electron chi connectivity index (χ1n) is 4.92. The molecule has 2 rings (SSSR count). The SMILES string of the molecule is Cc1cc(C)c2c(c1)OCCC2C. The molecule has 1 heterocycles. The number of fused-ring (bicyclic) bond motifs is 1. The highest BCUT2D eigenvalue weighted by molar-refractivity contribution is 5.46. The number of rotatable bonds is 0. The normalized spacial score (nSPS) is 20.7. The van der Waals surface area contributed by atoms with Crippen LogP contribution in [0.3, 0.4) is 0 Å². The van der Waals surface area contributed by atoms with E-state index in [1.807, 2.05) is 0 Å². The maximum atomic E-state index is 5.66. The van der Waals surface area contributed by atoms with Gasteiger partial charge < -0.3 is 4.74 Å². The summed E-state index contributed by atoms with van der Waals surface area (Å²) in [6.07, 6.45) is 1.15. The molecular formula is C12H16O. The summed E-state index contributed by atoms with van der Waals surface area (Å²) in [4.78, 5) is 0. The van der Waals surface area contributed by atoms with Crippen molar-refractivity contribution in [2.24, 2.45) is 0 Å². The second-order valence-corrected chi connectivity index (χ2v) is 4.03. The third-order valence-electron chi connectivity index (χ3n) is 2.79. The van der Waals surface area contributed by atoms with Crippen LogP contribution >= 0.6 is 0 Å². The van der Waals surface area contributed by atoms with E-state index in [1.165, 1.54) is 16.7 Å². The van der Waals surface area contributed by atoms with Crippen LogP contribution in [0.15, 0.2) is 12.1 Å². The quantitative estimate of drug-likeness (QED) is 0.590. The van der Waals surface area contributed by atoms with Crippen molar-refractivity contribution in [3.05, 3.63) is 28.8 Å². The van der Waals surface area contributed by atoms with Crippen molar-refractivity contribution in [3.63, 3.8) is 0 Å². The predicted octanol–water partition coefficient (Wildman–Crippen LogP) is 3.19. The molecule has 0 radical (unpaired) electrons. The van der Waals surface area contributed by atoms with E-state index < -0.39 is 0 Å². The molecule has 0 amide bonds. The van der Waals surface area contributed by atoms with E-state index in [4.69, 9.17) is 4.74 Å². The van der Waals surface area contributed by atoms with E-state index in [0.29, 0.717) is 5.92 Å². The van der Waals surface area contributed by atoms with Crippen LogP contribution in [0.5, 0.6) is 5.75 Å². The van der Waals surface area contributed by atoms with Crippen molar-refractivity contribution in [2.45, 2.75) is 33.1 Å². The first-order valence-corrected chi connectivity index (χ1v) is 4.92. The Bertz CT molecular complexity index is 328. The highest BCUT2D eigenvalue weighted by Crippen LogP contribution is 2.36. The van der Waals surface area contributed by atoms with Gasteiger partial charge >= 0.3 is 0 Å². The maximum Gasteiger partial charge on any atom is 0.123 e. The summed E-state index contributed by atoms with van der Waals surface area (Å²) in [5.41, 5.74) is 4.09. The van der Waals surface area contributed by atoms with Gasteiger partial charge in [0.15, 0.2) is 0 Å². The van der Waals surface area contributed by atoms with Gasteiger partial charge in [-0.2, -0.15) is 0 Å². The molecule has 1 aromatic rings. The van der Waals surface area contributed by atoms with E-state index in [2.05, 4.69) is 32.9 Å². The number of ether oxygens (including phenoxy) is 1. The van der Waals surface area contributed by atoms with Crippen LogP contribution in [0.2, 0.25) is 0 Å². The second kappa shape index (κ2) is 3.06. The number of aryl methyl sites for hydroxylation is 2. The first kappa shape index (κ1) is 8.61. The third-order valence-corrected chi connectivity index (χ3v) is 2.79. The molecule has 1 unspecified atom stereocenters. The topological polar surface area (TPSA) is 9.23 Å². The van der Waals surface area contributed by atoms with Gasteiger partial charge in [0, 0.05) is 0 Å². The van der Waals surface area contributed by atoms with Crippen LogP contribution in [0, 0.1) is 13.8 Å². The van der Waals surface area contributed by atoms with Gasteiger partial charge in [0.25, 0.3) is 0 Å². The van der Waals surface area contributed by atoms with Crippen molar-refractivity contribution in [3.8, 4) is 5.75 Å². The molecule has 1 nitrogen and oxygen atoms in total. The van der Waals surface area contributed by atoms with Crippen LogP contribution in [-0.4, -0.2) is 6.61 Å². The molecule has 0 spiro atoms. The van der Waals surface area contributed by atoms with Gasteiger partial charge in [-0.05, 0) is 48.9 Å². The molecule has 0 fully saturated rings. The zero-order valence-electron chi connectivity index (χ0n) is 8.55. The third kappa shape index (κ3) is 1.43. The molecule has 1 aliphatic heterocycles. The summed E-state index contributed by atoms with van der Waals surface area (Å²) in [6.45, 7) is 7.45. The van der Waals surface area contributed by atoms with Gasteiger partial charge in [0.1, 0.15) is 5.75 Å². The largest absolute Gasteiger partial charge is 0.493 e. The lowest BCUT2D eigenvalue weighted by molar-refractivity contribution is 0.271. The average Bonchev–Trinajstić information content (AvgIpc) is 2.02. The first-order chi connectivity index (χ1) is 6.18. The minimum atomic E-state index is 0.657. The van der Waals surface area contributed by atoms with Crippen LogP contribution in [0.1, 0.15) is 36.0 Å². The summed E-state index contributed by atoms with van der Waals surface area (Å²) in [6, 6.07) is 4.39. The summed E-state index contributed by atoms with van der Waals surface area (Å²) in [7, 11) is 0. The van der Waals surface area contributed by atoms with Gasteiger partial charge in [-0.15, -0.1) is 0 Å². The molecule has 0 aliphatic carbocycles. The Balaban J connectivity index is 2.56. The fraction of sp³-hybridized carbons (Fsp3) is 0.500. The molecule has 1 aliphatic rings. The molecule has 0 saturated carbocycles. The highest BCUT2D eigenvalue weighted by atomic mass is 16.5. The molecule has 1 heteroatoms. The molecule has 0 bridgehead atoms. The maximum absolute atomic E-state index is 5.66. The molecule has 0 aromatic heterocycles. The summed E-state index contributed by atoms with van der Waals surface area (Å²) in [5.74, 6) is 1.76. The summed E-state index contributed by atoms with van der Waals surface area (Å²) >= 11 is 0. The predicted molar refractivity (Wildman–Crippen MR) is 54.4 cm³/mol. The fourth-order valence-corrected chi connectivity index (χ4v) is 2.18. The van der Waals surface area contributed by atoms with Crippen molar-refractivity contribution in [1.82, 2.24) is 0 Å². The smallest absolute Gasteiger partial charge is 0.123 e. The molecular weight excluding hydrogens is 160 g/mol. The van der Waals surface area contributed by atoms with Gasteiger partial charge in [-0.3, -0.25) is 0 Å². The molecule has 70 valence electrons. The molecule has 0 N–H and O–H groups in total. The lowest BCUT2D eigenvalue weighted by atomic mass is 9.90. The second-order valence-electron chi connectivity index (χ2n) is 4.03.